The van der Waals surface area contributed by atoms with Gasteiger partial charge in [0.25, 0.3) is 0 Å². The zero-order valence-corrected chi connectivity index (χ0v) is 11.4. The number of nitrogens with one attached hydrogen (secondary N) is 3. The van der Waals surface area contributed by atoms with Gasteiger partial charge < -0.3 is 20.4 Å². The Hall–Kier alpha value is -2.50. The summed E-state index contributed by atoms with van der Waals surface area (Å²) in [7, 11) is 1.26. The van der Waals surface area contributed by atoms with E-state index in [0.29, 0.717) is 6.54 Å². The highest BCUT2D eigenvalue weighted by atomic mass is 16.5. The zero-order valence-electron chi connectivity index (χ0n) is 11.4. The van der Waals surface area contributed by atoms with Crippen LogP contribution in [-0.2, 0) is 16.1 Å². The number of benzene rings is 1. The third kappa shape index (κ3) is 3.09. The second-order valence-electron chi connectivity index (χ2n) is 4.43. The Morgan fingerprint density at radius 1 is 1.35 bits per heavy atom. The van der Waals surface area contributed by atoms with Crippen LogP contribution < -0.4 is 10.6 Å². The molecule has 0 aliphatic rings. The molecule has 0 aliphatic heterocycles. The summed E-state index contributed by atoms with van der Waals surface area (Å²) < 4.78 is 4.45. The molecule has 0 bridgehead atoms. The molecule has 0 radical (unpaired) electrons. The van der Waals surface area contributed by atoms with Gasteiger partial charge in [-0.1, -0.05) is 12.1 Å². The Morgan fingerprint density at radius 2 is 2.15 bits per heavy atom. The van der Waals surface area contributed by atoms with Crippen LogP contribution >= 0.6 is 0 Å². The Bertz CT molecular complexity index is 621. The van der Waals surface area contributed by atoms with Gasteiger partial charge >= 0.3 is 6.09 Å². The van der Waals surface area contributed by atoms with E-state index in [0.717, 1.165) is 16.5 Å². The number of carbonyl (C=O) groups excluding carboxylic acids is 2. The van der Waals surface area contributed by atoms with Crippen LogP contribution in [0.15, 0.2) is 30.5 Å². The lowest BCUT2D eigenvalue weighted by Crippen LogP contribution is -2.44. The van der Waals surface area contributed by atoms with E-state index < -0.39 is 12.1 Å². The third-order valence-electron chi connectivity index (χ3n) is 3.05. The van der Waals surface area contributed by atoms with Gasteiger partial charge in [-0.3, -0.25) is 4.79 Å². The molecule has 1 heterocycles. The van der Waals surface area contributed by atoms with Crippen LogP contribution in [0.3, 0.4) is 0 Å². The monoisotopic (exact) mass is 275 g/mol. The molecule has 20 heavy (non-hydrogen) atoms. The van der Waals surface area contributed by atoms with Crippen molar-refractivity contribution in [3.05, 3.63) is 36.0 Å². The van der Waals surface area contributed by atoms with Gasteiger partial charge in [-0.05, 0) is 24.6 Å². The maximum atomic E-state index is 11.9. The number of methoxy groups -OCH3 is 1. The number of hydrogen-bond acceptors (Lipinski definition) is 3. The molecule has 0 unspecified atom stereocenters. The highest BCUT2D eigenvalue weighted by Gasteiger charge is 2.15. The van der Waals surface area contributed by atoms with E-state index in [-0.39, 0.29) is 5.91 Å². The zero-order chi connectivity index (χ0) is 14.5. The van der Waals surface area contributed by atoms with Gasteiger partial charge in [0, 0.05) is 23.6 Å². The van der Waals surface area contributed by atoms with Crippen molar-refractivity contribution in [2.45, 2.75) is 19.5 Å². The van der Waals surface area contributed by atoms with E-state index in [1.807, 2.05) is 30.5 Å². The second-order valence-corrected chi connectivity index (χ2v) is 4.43. The third-order valence-corrected chi connectivity index (χ3v) is 3.05. The molecule has 2 aromatic rings. The first kappa shape index (κ1) is 13.9. The number of amides is 2. The average molecular weight is 275 g/mol. The van der Waals surface area contributed by atoms with Crippen LogP contribution in [0, 0.1) is 0 Å². The standard InChI is InChI=1S/C14H17N3O3/c1-9(17-14(19)20-2)13(18)16-8-10-4-3-5-12-11(10)6-7-15-12/h3-7,9,15H,8H2,1-2H3,(H,16,18)(H,17,19)/t9-/m0/s1. The summed E-state index contributed by atoms with van der Waals surface area (Å²) in [6.45, 7) is 2.00. The van der Waals surface area contributed by atoms with Gasteiger partial charge in [0.15, 0.2) is 0 Å². The predicted molar refractivity (Wildman–Crippen MR) is 75.1 cm³/mol. The van der Waals surface area contributed by atoms with E-state index in [2.05, 4.69) is 20.4 Å². The lowest BCUT2D eigenvalue weighted by Gasteiger charge is -2.13. The minimum absolute atomic E-state index is 0.261. The van der Waals surface area contributed by atoms with E-state index in [9.17, 15) is 9.59 Å². The van der Waals surface area contributed by atoms with Crippen LogP contribution in [0.4, 0.5) is 4.79 Å². The molecule has 0 fully saturated rings. The second kappa shape index (κ2) is 6.10. The summed E-state index contributed by atoms with van der Waals surface area (Å²) in [5.41, 5.74) is 2.04. The Morgan fingerprint density at radius 3 is 2.90 bits per heavy atom. The van der Waals surface area contributed by atoms with Crippen LogP contribution in [0.2, 0.25) is 0 Å². The number of rotatable bonds is 4. The van der Waals surface area contributed by atoms with Crippen molar-refractivity contribution in [3.8, 4) is 0 Å². The fourth-order valence-corrected chi connectivity index (χ4v) is 1.94. The van der Waals surface area contributed by atoms with Crippen LogP contribution in [0.25, 0.3) is 10.9 Å². The minimum Gasteiger partial charge on any atom is -0.453 e. The van der Waals surface area contributed by atoms with Gasteiger partial charge in [-0.25, -0.2) is 4.79 Å². The summed E-state index contributed by atoms with van der Waals surface area (Å²) >= 11 is 0. The normalized spacial score (nSPS) is 11.9. The molecule has 1 aromatic heterocycles. The van der Waals surface area contributed by atoms with E-state index in [1.54, 1.807) is 6.92 Å². The highest BCUT2D eigenvalue weighted by Crippen LogP contribution is 2.16. The number of aromatic amines is 1. The molecule has 0 spiro atoms. The molecule has 3 N–H and O–H groups in total. The van der Waals surface area contributed by atoms with Crippen molar-refractivity contribution in [1.82, 2.24) is 15.6 Å². The lowest BCUT2D eigenvalue weighted by atomic mass is 10.1. The average Bonchev–Trinajstić information content (AvgIpc) is 2.93. The minimum atomic E-state index is -0.645. The summed E-state index contributed by atoms with van der Waals surface area (Å²) in [6, 6.07) is 7.17. The summed E-state index contributed by atoms with van der Waals surface area (Å²) in [5.74, 6) is -0.261. The number of H-pyrrole nitrogens is 1. The first-order chi connectivity index (χ1) is 9.61. The first-order valence-corrected chi connectivity index (χ1v) is 6.29. The molecule has 1 aromatic carbocycles. The summed E-state index contributed by atoms with van der Waals surface area (Å²) in [5, 5.41) is 6.28. The molecular formula is C14H17N3O3. The van der Waals surface area contributed by atoms with E-state index in [4.69, 9.17) is 0 Å². The fourth-order valence-electron chi connectivity index (χ4n) is 1.94. The number of fused-ring (bicyclic) bond motifs is 1. The van der Waals surface area contributed by atoms with Gasteiger partial charge in [0.1, 0.15) is 6.04 Å². The van der Waals surface area contributed by atoms with Crippen molar-refractivity contribution in [2.24, 2.45) is 0 Å². The van der Waals surface area contributed by atoms with Crippen LogP contribution in [0.5, 0.6) is 0 Å². The quantitative estimate of drug-likeness (QED) is 0.791. The molecule has 0 saturated heterocycles. The first-order valence-electron chi connectivity index (χ1n) is 6.29. The van der Waals surface area contributed by atoms with E-state index >= 15 is 0 Å². The Labute approximate surface area is 116 Å². The van der Waals surface area contributed by atoms with Crippen molar-refractivity contribution >= 4 is 22.9 Å². The predicted octanol–water partition coefficient (Wildman–Crippen LogP) is 1.53. The molecule has 106 valence electrons. The number of carbonyl (C=O) groups is 2. The molecule has 2 rings (SSSR count). The van der Waals surface area contributed by atoms with Crippen molar-refractivity contribution in [2.75, 3.05) is 7.11 Å². The van der Waals surface area contributed by atoms with Crippen molar-refractivity contribution < 1.29 is 14.3 Å². The van der Waals surface area contributed by atoms with Gasteiger partial charge in [0.2, 0.25) is 5.91 Å². The van der Waals surface area contributed by atoms with Gasteiger partial charge in [-0.2, -0.15) is 0 Å². The molecule has 6 nitrogen and oxygen atoms in total. The van der Waals surface area contributed by atoms with Crippen LogP contribution in [-0.4, -0.2) is 30.1 Å². The summed E-state index contributed by atoms with van der Waals surface area (Å²) in [6.07, 6.45) is 1.23. The molecule has 6 heteroatoms. The van der Waals surface area contributed by atoms with E-state index in [1.165, 1.54) is 7.11 Å². The molecule has 1 atom stereocenters. The maximum absolute atomic E-state index is 11.9. The SMILES string of the molecule is COC(=O)N[C@@H](C)C(=O)NCc1cccc2[nH]ccc12. The van der Waals surface area contributed by atoms with Crippen molar-refractivity contribution in [3.63, 3.8) is 0 Å². The molecule has 0 saturated carbocycles. The number of alkyl carbamates (subject to hydrolysis) is 1. The van der Waals surface area contributed by atoms with Gasteiger partial charge in [0.05, 0.1) is 7.11 Å². The lowest BCUT2D eigenvalue weighted by molar-refractivity contribution is -0.122. The summed E-state index contributed by atoms with van der Waals surface area (Å²) in [4.78, 5) is 26.0. The largest absolute Gasteiger partial charge is 0.453 e. The number of ether oxygens (including phenoxy) is 1. The Balaban J connectivity index is 1.96. The molecular weight excluding hydrogens is 258 g/mol. The van der Waals surface area contributed by atoms with Crippen LogP contribution in [0.1, 0.15) is 12.5 Å². The number of aromatic nitrogens is 1. The highest BCUT2D eigenvalue weighted by molar-refractivity contribution is 5.86. The molecule has 0 aliphatic carbocycles. The number of hydrogen-bond donors (Lipinski definition) is 3. The van der Waals surface area contributed by atoms with Gasteiger partial charge in [-0.15, -0.1) is 0 Å². The maximum Gasteiger partial charge on any atom is 0.407 e. The smallest absolute Gasteiger partial charge is 0.407 e. The van der Waals surface area contributed by atoms with Crippen molar-refractivity contribution in [1.29, 1.82) is 0 Å². The fraction of sp³-hybridized carbons (Fsp3) is 0.286. The molecule has 2 amide bonds. The topological polar surface area (TPSA) is 83.2 Å². The Kier molecular flexibility index (Phi) is 4.24.